The van der Waals surface area contributed by atoms with Crippen LogP contribution in [0.1, 0.15) is 19.3 Å². The molecule has 4 heterocycles. The summed E-state index contributed by atoms with van der Waals surface area (Å²) < 4.78 is 1.81. The lowest BCUT2D eigenvalue weighted by atomic mass is 10.0. The predicted octanol–water partition coefficient (Wildman–Crippen LogP) is 0.731. The molecule has 2 aromatic rings. The van der Waals surface area contributed by atoms with Gasteiger partial charge in [-0.05, 0) is 38.4 Å². The molecule has 2 N–H and O–H groups in total. The van der Waals surface area contributed by atoms with E-state index >= 15 is 0 Å². The molecular weight excluding hydrogens is 264 g/mol. The van der Waals surface area contributed by atoms with Gasteiger partial charge in [0.25, 0.3) is 0 Å². The maximum atomic E-state index is 6.00. The summed E-state index contributed by atoms with van der Waals surface area (Å²) in [5.74, 6) is 1.07. The second-order valence-corrected chi connectivity index (χ2v) is 6.18. The van der Waals surface area contributed by atoms with Crippen LogP contribution in [0.15, 0.2) is 24.5 Å². The van der Waals surface area contributed by atoms with Gasteiger partial charge in [-0.25, -0.2) is 9.50 Å². The Morgan fingerprint density at radius 2 is 1.95 bits per heavy atom. The first kappa shape index (κ1) is 13.0. The van der Waals surface area contributed by atoms with Crippen LogP contribution >= 0.6 is 0 Å². The van der Waals surface area contributed by atoms with E-state index in [0.29, 0.717) is 12.1 Å². The highest BCUT2D eigenvalue weighted by molar-refractivity contribution is 5.48. The fourth-order valence-corrected chi connectivity index (χ4v) is 3.51. The SMILES string of the molecule is NC1CCN(C2CCN(c3ccn4nccc4n3)C2)CC1. The molecule has 4 rings (SSSR count). The molecule has 0 aromatic carbocycles. The van der Waals surface area contributed by atoms with Crippen molar-refractivity contribution < 1.29 is 0 Å². The third-order valence-electron chi connectivity index (χ3n) is 4.82. The number of likely N-dealkylation sites (tertiary alicyclic amines) is 1. The van der Waals surface area contributed by atoms with E-state index in [9.17, 15) is 0 Å². The third-order valence-corrected chi connectivity index (χ3v) is 4.82. The number of hydrogen-bond acceptors (Lipinski definition) is 5. The zero-order chi connectivity index (χ0) is 14.2. The number of anilines is 1. The Morgan fingerprint density at radius 3 is 2.81 bits per heavy atom. The summed E-state index contributed by atoms with van der Waals surface area (Å²) in [6, 6.07) is 5.07. The minimum atomic E-state index is 0.407. The zero-order valence-corrected chi connectivity index (χ0v) is 12.2. The summed E-state index contributed by atoms with van der Waals surface area (Å²) in [4.78, 5) is 9.70. The van der Waals surface area contributed by atoms with E-state index < -0.39 is 0 Å². The zero-order valence-electron chi connectivity index (χ0n) is 12.2. The average molecular weight is 286 g/mol. The van der Waals surface area contributed by atoms with Crippen LogP contribution in [-0.2, 0) is 0 Å². The van der Waals surface area contributed by atoms with E-state index in [0.717, 1.165) is 50.5 Å². The highest BCUT2D eigenvalue weighted by atomic mass is 15.3. The molecule has 1 atom stereocenters. The second-order valence-electron chi connectivity index (χ2n) is 6.18. The van der Waals surface area contributed by atoms with Gasteiger partial charge in [-0.3, -0.25) is 4.90 Å². The molecule has 112 valence electrons. The molecule has 2 fully saturated rings. The first-order valence-electron chi connectivity index (χ1n) is 7.84. The third kappa shape index (κ3) is 2.49. The maximum absolute atomic E-state index is 6.00. The normalized spacial score (nSPS) is 25.0. The largest absolute Gasteiger partial charge is 0.355 e. The fourth-order valence-electron chi connectivity index (χ4n) is 3.51. The number of nitrogens with two attached hydrogens (primary N) is 1. The molecule has 2 aromatic heterocycles. The average Bonchev–Trinajstić information content (AvgIpc) is 3.16. The van der Waals surface area contributed by atoms with Crippen LogP contribution in [0, 0.1) is 0 Å². The predicted molar refractivity (Wildman–Crippen MR) is 82.4 cm³/mol. The Bertz CT molecular complexity index is 615. The van der Waals surface area contributed by atoms with Gasteiger partial charge >= 0.3 is 0 Å². The number of nitrogens with zero attached hydrogens (tertiary/aromatic N) is 5. The standard InChI is InChI=1S/C15H22N6/c16-12-2-7-19(8-3-12)13-4-9-20(11-13)14-5-10-21-15(18-14)1-6-17-21/h1,5-6,10,12-13H,2-4,7-9,11,16H2. The minimum absolute atomic E-state index is 0.407. The van der Waals surface area contributed by atoms with Gasteiger partial charge in [0.15, 0.2) is 5.65 Å². The van der Waals surface area contributed by atoms with Crippen molar-refractivity contribution >= 4 is 11.5 Å². The van der Waals surface area contributed by atoms with E-state index in [4.69, 9.17) is 10.7 Å². The lowest BCUT2D eigenvalue weighted by Gasteiger charge is -2.34. The molecular formula is C15H22N6. The van der Waals surface area contributed by atoms with Crippen molar-refractivity contribution in [1.82, 2.24) is 19.5 Å². The van der Waals surface area contributed by atoms with E-state index in [1.807, 2.05) is 16.8 Å². The Balaban J connectivity index is 1.45. The molecule has 0 radical (unpaired) electrons. The second kappa shape index (κ2) is 5.27. The lowest BCUT2D eigenvalue weighted by Crippen LogP contribution is -2.46. The molecule has 0 amide bonds. The van der Waals surface area contributed by atoms with Crippen LogP contribution in [-0.4, -0.2) is 57.8 Å². The fraction of sp³-hybridized carbons (Fsp3) is 0.600. The van der Waals surface area contributed by atoms with Crippen LogP contribution in [0.5, 0.6) is 0 Å². The first-order chi connectivity index (χ1) is 10.3. The Hall–Kier alpha value is -1.66. The molecule has 2 aliphatic heterocycles. The van der Waals surface area contributed by atoms with Crippen molar-refractivity contribution in [2.24, 2.45) is 5.73 Å². The van der Waals surface area contributed by atoms with Gasteiger partial charge in [0.2, 0.25) is 0 Å². The molecule has 2 saturated heterocycles. The van der Waals surface area contributed by atoms with Gasteiger partial charge < -0.3 is 10.6 Å². The Morgan fingerprint density at radius 1 is 1.10 bits per heavy atom. The molecule has 0 aliphatic carbocycles. The highest BCUT2D eigenvalue weighted by Gasteiger charge is 2.30. The van der Waals surface area contributed by atoms with Crippen LogP contribution in [0.4, 0.5) is 5.82 Å². The molecule has 6 nitrogen and oxygen atoms in total. The summed E-state index contributed by atoms with van der Waals surface area (Å²) >= 11 is 0. The summed E-state index contributed by atoms with van der Waals surface area (Å²) in [6.45, 7) is 4.46. The summed E-state index contributed by atoms with van der Waals surface area (Å²) in [5, 5.41) is 4.20. The number of aromatic nitrogens is 3. The van der Waals surface area contributed by atoms with Gasteiger partial charge in [-0.2, -0.15) is 5.10 Å². The van der Waals surface area contributed by atoms with E-state index in [1.165, 1.54) is 6.42 Å². The van der Waals surface area contributed by atoms with Gasteiger partial charge in [0, 0.05) is 37.4 Å². The number of rotatable bonds is 2. The van der Waals surface area contributed by atoms with E-state index in [-0.39, 0.29) is 0 Å². The summed E-state index contributed by atoms with van der Waals surface area (Å²) in [6.07, 6.45) is 7.27. The quantitative estimate of drug-likeness (QED) is 0.882. The smallest absolute Gasteiger partial charge is 0.157 e. The monoisotopic (exact) mass is 286 g/mol. The van der Waals surface area contributed by atoms with Gasteiger partial charge in [-0.1, -0.05) is 0 Å². The lowest BCUT2D eigenvalue weighted by molar-refractivity contribution is 0.163. The number of piperidine rings is 1. The topological polar surface area (TPSA) is 62.7 Å². The molecule has 21 heavy (non-hydrogen) atoms. The van der Waals surface area contributed by atoms with Crippen LogP contribution < -0.4 is 10.6 Å². The molecule has 6 heteroatoms. The van der Waals surface area contributed by atoms with Crippen LogP contribution in [0.2, 0.25) is 0 Å². The van der Waals surface area contributed by atoms with Crippen molar-refractivity contribution in [3.63, 3.8) is 0 Å². The number of fused-ring (bicyclic) bond motifs is 1. The molecule has 0 saturated carbocycles. The van der Waals surface area contributed by atoms with Gasteiger partial charge in [-0.15, -0.1) is 0 Å². The molecule has 1 unspecified atom stereocenters. The van der Waals surface area contributed by atoms with Crippen molar-refractivity contribution in [2.75, 3.05) is 31.1 Å². The van der Waals surface area contributed by atoms with Crippen molar-refractivity contribution in [3.8, 4) is 0 Å². The Kier molecular flexibility index (Phi) is 3.27. The van der Waals surface area contributed by atoms with E-state index in [2.05, 4.69) is 21.0 Å². The summed E-state index contributed by atoms with van der Waals surface area (Å²) in [7, 11) is 0. The van der Waals surface area contributed by atoms with Crippen molar-refractivity contribution in [2.45, 2.75) is 31.3 Å². The van der Waals surface area contributed by atoms with Gasteiger partial charge in [0.05, 0.1) is 6.20 Å². The van der Waals surface area contributed by atoms with E-state index in [1.54, 1.807) is 6.20 Å². The number of hydrogen-bond donors (Lipinski definition) is 1. The molecule has 0 spiro atoms. The van der Waals surface area contributed by atoms with Crippen LogP contribution in [0.25, 0.3) is 5.65 Å². The maximum Gasteiger partial charge on any atom is 0.157 e. The summed E-state index contributed by atoms with van der Waals surface area (Å²) in [5.41, 5.74) is 6.92. The molecule has 0 bridgehead atoms. The van der Waals surface area contributed by atoms with Gasteiger partial charge in [0.1, 0.15) is 5.82 Å². The minimum Gasteiger partial charge on any atom is -0.355 e. The van der Waals surface area contributed by atoms with Crippen molar-refractivity contribution in [3.05, 3.63) is 24.5 Å². The highest BCUT2D eigenvalue weighted by Crippen LogP contribution is 2.23. The molecule has 2 aliphatic rings. The van der Waals surface area contributed by atoms with Crippen LogP contribution in [0.3, 0.4) is 0 Å². The Labute approximate surface area is 124 Å². The van der Waals surface area contributed by atoms with Crippen molar-refractivity contribution in [1.29, 1.82) is 0 Å². The first-order valence-corrected chi connectivity index (χ1v) is 7.84.